The number of sulfonamides is 1. The smallest absolute Gasteiger partial charge is 0.244 e. The van der Waals surface area contributed by atoms with E-state index >= 15 is 0 Å². The molecule has 0 saturated heterocycles. The lowest BCUT2D eigenvalue weighted by atomic mass is 10.3. The first-order valence-corrected chi connectivity index (χ1v) is 5.76. The molecule has 9 heteroatoms. The number of oxime groups is 1. The number of benzene rings is 1. The minimum atomic E-state index is -4.26. The molecule has 0 unspecified atom stereocenters. The van der Waals surface area contributed by atoms with E-state index in [-0.39, 0.29) is 0 Å². The molecule has 17 heavy (non-hydrogen) atoms. The first-order valence-electron chi connectivity index (χ1n) is 4.28. The Hall–Kier alpha value is -1.74. The summed E-state index contributed by atoms with van der Waals surface area (Å²) in [6.45, 7) is -0.519. The zero-order valence-corrected chi connectivity index (χ0v) is 9.21. The van der Waals surface area contributed by atoms with Gasteiger partial charge in [-0.15, -0.1) is 0 Å². The van der Waals surface area contributed by atoms with Crippen molar-refractivity contribution in [2.45, 2.75) is 4.90 Å². The van der Waals surface area contributed by atoms with Gasteiger partial charge in [0.25, 0.3) is 0 Å². The molecule has 0 aromatic heterocycles. The number of hydrogen-bond acceptors (Lipinski definition) is 4. The first-order chi connectivity index (χ1) is 7.86. The summed E-state index contributed by atoms with van der Waals surface area (Å²) in [7, 11) is -4.26. The molecule has 0 aliphatic heterocycles. The largest absolute Gasteiger partial charge is 0.409 e. The molecule has 0 heterocycles. The van der Waals surface area contributed by atoms with E-state index in [0.29, 0.717) is 12.1 Å². The highest BCUT2D eigenvalue weighted by Gasteiger charge is 2.19. The van der Waals surface area contributed by atoms with Crippen LogP contribution >= 0.6 is 0 Å². The van der Waals surface area contributed by atoms with Crippen molar-refractivity contribution in [2.75, 3.05) is 6.54 Å². The average molecular weight is 265 g/mol. The predicted molar refractivity (Wildman–Crippen MR) is 55.0 cm³/mol. The van der Waals surface area contributed by atoms with E-state index in [1.807, 2.05) is 4.72 Å². The molecule has 0 atom stereocenters. The Kier molecular flexibility index (Phi) is 3.97. The third-order valence-corrected chi connectivity index (χ3v) is 3.17. The van der Waals surface area contributed by atoms with Crippen molar-refractivity contribution in [3.63, 3.8) is 0 Å². The summed E-state index contributed by atoms with van der Waals surface area (Å²) in [5.41, 5.74) is 5.03. The molecule has 0 aliphatic carbocycles. The lowest BCUT2D eigenvalue weighted by Crippen LogP contribution is -2.34. The summed E-state index contributed by atoms with van der Waals surface area (Å²) >= 11 is 0. The van der Waals surface area contributed by atoms with Crippen molar-refractivity contribution in [1.29, 1.82) is 0 Å². The maximum absolute atomic E-state index is 13.2. The standard InChI is InChI=1S/C8H9F2N3O3S/c9-5-1-2-6(10)7(3-5)17(15,16)12-4-8(11)13-14/h1-3,12,14H,4H2,(H2,11,13). The summed E-state index contributed by atoms with van der Waals surface area (Å²) < 4.78 is 50.8. The maximum Gasteiger partial charge on any atom is 0.244 e. The van der Waals surface area contributed by atoms with Gasteiger partial charge < -0.3 is 10.9 Å². The van der Waals surface area contributed by atoms with Gasteiger partial charge in [-0.1, -0.05) is 5.16 Å². The van der Waals surface area contributed by atoms with Crippen molar-refractivity contribution in [3.05, 3.63) is 29.8 Å². The Morgan fingerprint density at radius 3 is 2.71 bits per heavy atom. The fourth-order valence-electron chi connectivity index (χ4n) is 0.965. The normalized spacial score (nSPS) is 12.7. The van der Waals surface area contributed by atoms with Crippen LogP contribution in [0, 0.1) is 11.6 Å². The number of hydrogen-bond donors (Lipinski definition) is 3. The van der Waals surface area contributed by atoms with Gasteiger partial charge in [-0.05, 0) is 18.2 Å². The first kappa shape index (κ1) is 13.3. The van der Waals surface area contributed by atoms with Gasteiger partial charge in [-0.2, -0.15) is 0 Å². The van der Waals surface area contributed by atoms with Crippen LogP contribution < -0.4 is 10.5 Å². The number of amidine groups is 1. The lowest BCUT2D eigenvalue weighted by molar-refractivity contribution is 0.317. The highest BCUT2D eigenvalue weighted by atomic mass is 32.2. The molecule has 1 rings (SSSR count). The Balaban J connectivity index is 3.01. The van der Waals surface area contributed by atoms with Crippen LogP contribution in [0.1, 0.15) is 0 Å². The second-order valence-electron chi connectivity index (χ2n) is 2.99. The Labute approximate surface area is 95.8 Å². The summed E-state index contributed by atoms with van der Waals surface area (Å²) in [5, 5.41) is 10.7. The van der Waals surface area contributed by atoms with E-state index in [4.69, 9.17) is 10.9 Å². The SMILES string of the molecule is N/C(CNS(=O)(=O)c1cc(F)ccc1F)=N\O. The molecule has 4 N–H and O–H groups in total. The fraction of sp³-hybridized carbons (Fsp3) is 0.125. The zero-order chi connectivity index (χ0) is 13.1. The number of halogens is 2. The molecule has 0 amide bonds. The van der Waals surface area contributed by atoms with Gasteiger partial charge in [0, 0.05) is 0 Å². The highest BCUT2D eigenvalue weighted by Crippen LogP contribution is 2.15. The van der Waals surface area contributed by atoms with E-state index in [1.165, 1.54) is 0 Å². The molecule has 0 bridgehead atoms. The molecule has 94 valence electrons. The minimum Gasteiger partial charge on any atom is -0.409 e. The van der Waals surface area contributed by atoms with Gasteiger partial charge in [-0.25, -0.2) is 21.9 Å². The van der Waals surface area contributed by atoms with E-state index in [2.05, 4.69) is 5.16 Å². The third-order valence-electron chi connectivity index (χ3n) is 1.75. The molecule has 0 radical (unpaired) electrons. The molecule has 1 aromatic rings. The Morgan fingerprint density at radius 1 is 1.47 bits per heavy atom. The molecule has 0 saturated carbocycles. The number of rotatable bonds is 4. The van der Waals surface area contributed by atoms with Gasteiger partial charge in [0.15, 0.2) is 5.84 Å². The van der Waals surface area contributed by atoms with Crippen LogP contribution in [-0.2, 0) is 10.0 Å². The minimum absolute atomic E-state index is 0.412. The number of nitrogens with two attached hydrogens (primary N) is 1. The molecular weight excluding hydrogens is 256 g/mol. The van der Waals surface area contributed by atoms with Crippen LogP contribution in [0.4, 0.5) is 8.78 Å². The second kappa shape index (κ2) is 5.06. The third kappa shape index (κ3) is 3.36. The molecular formula is C8H9F2N3O3S. The van der Waals surface area contributed by atoms with Crippen LogP contribution in [0.15, 0.2) is 28.3 Å². The van der Waals surface area contributed by atoms with Crippen LogP contribution in [0.25, 0.3) is 0 Å². The quantitative estimate of drug-likeness (QED) is 0.308. The fourth-order valence-corrected chi connectivity index (χ4v) is 2.05. The van der Waals surface area contributed by atoms with Crippen molar-refractivity contribution in [1.82, 2.24) is 4.72 Å². The van der Waals surface area contributed by atoms with Gasteiger partial charge in [0.05, 0.1) is 6.54 Å². The topological polar surface area (TPSA) is 105 Å². The summed E-state index contributed by atoms with van der Waals surface area (Å²) in [5.74, 6) is -2.40. The average Bonchev–Trinajstić information content (AvgIpc) is 2.29. The van der Waals surface area contributed by atoms with Crippen molar-refractivity contribution < 1.29 is 22.4 Å². The summed E-state index contributed by atoms with van der Waals surface area (Å²) in [4.78, 5) is -0.844. The Morgan fingerprint density at radius 2 is 2.12 bits per heavy atom. The second-order valence-corrected chi connectivity index (χ2v) is 4.73. The van der Waals surface area contributed by atoms with E-state index in [0.717, 1.165) is 6.07 Å². The summed E-state index contributed by atoms with van der Waals surface area (Å²) in [6, 6.07) is 2.01. The molecule has 0 aliphatic rings. The number of nitrogens with zero attached hydrogens (tertiary/aromatic N) is 1. The molecule has 1 aromatic carbocycles. The zero-order valence-electron chi connectivity index (χ0n) is 8.39. The van der Waals surface area contributed by atoms with Gasteiger partial charge in [-0.3, -0.25) is 0 Å². The van der Waals surface area contributed by atoms with E-state index in [1.54, 1.807) is 0 Å². The summed E-state index contributed by atoms with van der Waals surface area (Å²) in [6.07, 6.45) is 0. The predicted octanol–water partition coefficient (Wildman–Crippen LogP) is -0.0105. The maximum atomic E-state index is 13.2. The van der Waals surface area contributed by atoms with Crippen LogP contribution in [0.5, 0.6) is 0 Å². The Bertz CT molecular complexity index is 545. The van der Waals surface area contributed by atoms with Crippen molar-refractivity contribution in [2.24, 2.45) is 10.9 Å². The van der Waals surface area contributed by atoms with Crippen LogP contribution in [0.3, 0.4) is 0 Å². The molecule has 0 fully saturated rings. The van der Waals surface area contributed by atoms with E-state index < -0.39 is 38.9 Å². The van der Waals surface area contributed by atoms with Crippen LogP contribution in [-0.4, -0.2) is 26.0 Å². The van der Waals surface area contributed by atoms with Gasteiger partial charge in [0.2, 0.25) is 10.0 Å². The van der Waals surface area contributed by atoms with Crippen LogP contribution in [0.2, 0.25) is 0 Å². The monoisotopic (exact) mass is 265 g/mol. The van der Waals surface area contributed by atoms with E-state index in [9.17, 15) is 17.2 Å². The molecule has 0 spiro atoms. The van der Waals surface area contributed by atoms with Crippen molar-refractivity contribution >= 4 is 15.9 Å². The molecule has 6 nitrogen and oxygen atoms in total. The lowest BCUT2D eigenvalue weighted by Gasteiger charge is -2.06. The van der Waals surface area contributed by atoms with Gasteiger partial charge in [0.1, 0.15) is 16.5 Å². The number of nitrogens with one attached hydrogen (secondary N) is 1. The van der Waals surface area contributed by atoms with Crippen molar-refractivity contribution in [3.8, 4) is 0 Å². The van der Waals surface area contributed by atoms with Gasteiger partial charge >= 0.3 is 0 Å². The highest BCUT2D eigenvalue weighted by molar-refractivity contribution is 7.89.